The Morgan fingerprint density at radius 2 is 1.83 bits per heavy atom. The number of hydrogen-bond donors (Lipinski definition) is 1. The molecule has 0 radical (unpaired) electrons. The predicted molar refractivity (Wildman–Crippen MR) is 91.2 cm³/mol. The Kier molecular flexibility index (Phi) is 3.90. The van der Waals surface area contributed by atoms with Gasteiger partial charge in [0.05, 0.1) is 17.0 Å². The third-order valence-electron chi connectivity index (χ3n) is 3.83. The molecule has 0 aliphatic rings. The Morgan fingerprint density at radius 1 is 0.917 bits per heavy atom. The highest BCUT2D eigenvalue weighted by Crippen LogP contribution is 2.20. The van der Waals surface area contributed by atoms with E-state index in [4.69, 9.17) is 4.52 Å². The third kappa shape index (κ3) is 3.10. The lowest BCUT2D eigenvalue weighted by atomic mass is 10.1. The summed E-state index contributed by atoms with van der Waals surface area (Å²) in [6.45, 7) is 0. The summed E-state index contributed by atoms with van der Waals surface area (Å²) in [7, 11) is 0. The normalized spacial score (nSPS) is 10.8. The fourth-order valence-corrected chi connectivity index (χ4v) is 2.54. The number of aromatic amines is 1. The van der Waals surface area contributed by atoms with Gasteiger partial charge in [0, 0.05) is 18.8 Å². The summed E-state index contributed by atoms with van der Waals surface area (Å²) < 4.78 is 5.36. The molecule has 1 N–H and O–H groups in total. The van der Waals surface area contributed by atoms with Gasteiger partial charge in [0.1, 0.15) is 0 Å². The van der Waals surface area contributed by atoms with Crippen LogP contribution < -0.4 is 0 Å². The molecule has 0 amide bonds. The molecule has 1 aromatic carbocycles. The van der Waals surface area contributed by atoms with E-state index >= 15 is 0 Å². The maximum Gasteiger partial charge on any atom is 0.259 e. The van der Waals surface area contributed by atoms with Gasteiger partial charge in [0.25, 0.3) is 5.89 Å². The number of nitrogens with zero attached hydrogens (tertiary/aromatic N) is 3. The Balaban J connectivity index is 1.46. The number of nitrogens with one attached hydrogen (secondary N) is 1. The SMILES string of the molecule is c1ccc(CCc2noc(-c3ccc(-c4ccc[nH]4)nc3)n2)cc1. The van der Waals surface area contributed by atoms with Crippen LogP contribution in [0.2, 0.25) is 0 Å². The van der Waals surface area contributed by atoms with E-state index in [9.17, 15) is 0 Å². The maximum atomic E-state index is 5.36. The van der Waals surface area contributed by atoms with Gasteiger partial charge in [-0.15, -0.1) is 0 Å². The van der Waals surface area contributed by atoms with E-state index in [0.717, 1.165) is 29.8 Å². The Labute approximate surface area is 139 Å². The zero-order chi connectivity index (χ0) is 16.2. The van der Waals surface area contributed by atoms with Crippen molar-refractivity contribution in [2.75, 3.05) is 0 Å². The minimum Gasteiger partial charge on any atom is -0.360 e. The smallest absolute Gasteiger partial charge is 0.259 e. The van der Waals surface area contributed by atoms with Crippen molar-refractivity contribution in [1.82, 2.24) is 20.1 Å². The molecule has 0 spiro atoms. The molecule has 0 atom stereocenters. The van der Waals surface area contributed by atoms with Crippen molar-refractivity contribution in [1.29, 1.82) is 0 Å². The van der Waals surface area contributed by atoms with Crippen LogP contribution in [0, 0.1) is 0 Å². The first-order valence-electron chi connectivity index (χ1n) is 7.85. The maximum absolute atomic E-state index is 5.36. The lowest BCUT2D eigenvalue weighted by molar-refractivity contribution is 0.422. The Morgan fingerprint density at radius 3 is 2.58 bits per heavy atom. The lowest BCUT2D eigenvalue weighted by Crippen LogP contribution is -1.93. The van der Waals surface area contributed by atoms with E-state index in [1.54, 1.807) is 6.20 Å². The van der Waals surface area contributed by atoms with Crippen molar-refractivity contribution in [2.24, 2.45) is 0 Å². The molecule has 0 aliphatic carbocycles. The van der Waals surface area contributed by atoms with Crippen molar-refractivity contribution < 1.29 is 4.52 Å². The standard InChI is InChI=1S/C19H16N4O/c1-2-5-14(6-3-1)8-11-18-22-19(24-23-18)15-9-10-17(21-13-15)16-7-4-12-20-16/h1-7,9-10,12-13,20H,8,11H2. The number of rotatable bonds is 5. The zero-order valence-corrected chi connectivity index (χ0v) is 13.0. The van der Waals surface area contributed by atoms with E-state index in [0.29, 0.717) is 11.7 Å². The van der Waals surface area contributed by atoms with Crippen molar-refractivity contribution in [3.8, 4) is 22.8 Å². The van der Waals surface area contributed by atoms with Crippen LogP contribution in [0.15, 0.2) is 71.5 Å². The second-order valence-corrected chi connectivity index (χ2v) is 5.52. The van der Waals surface area contributed by atoms with E-state index in [2.05, 4.69) is 32.2 Å². The van der Waals surface area contributed by atoms with Crippen molar-refractivity contribution >= 4 is 0 Å². The van der Waals surface area contributed by atoms with Crippen LogP contribution in [0.1, 0.15) is 11.4 Å². The topological polar surface area (TPSA) is 67.6 Å². The summed E-state index contributed by atoms with van der Waals surface area (Å²) in [6, 6.07) is 18.1. The van der Waals surface area contributed by atoms with Crippen LogP contribution in [0.3, 0.4) is 0 Å². The van der Waals surface area contributed by atoms with Gasteiger partial charge in [-0.3, -0.25) is 4.98 Å². The number of benzene rings is 1. The Hall–Kier alpha value is -3.21. The van der Waals surface area contributed by atoms with Gasteiger partial charge in [0.2, 0.25) is 0 Å². The minimum atomic E-state index is 0.503. The van der Waals surface area contributed by atoms with Gasteiger partial charge < -0.3 is 9.51 Å². The first-order valence-corrected chi connectivity index (χ1v) is 7.85. The second-order valence-electron chi connectivity index (χ2n) is 5.52. The number of aromatic nitrogens is 4. The molecule has 0 fully saturated rings. The minimum absolute atomic E-state index is 0.503. The first-order chi connectivity index (χ1) is 11.9. The largest absolute Gasteiger partial charge is 0.360 e. The van der Waals surface area contributed by atoms with Gasteiger partial charge in [-0.05, 0) is 36.2 Å². The monoisotopic (exact) mass is 316 g/mol. The number of pyridine rings is 1. The highest BCUT2D eigenvalue weighted by atomic mass is 16.5. The molecule has 118 valence electrons. The number of H-pyrrole nitrogens is 1. The van der Waals surface area contributed by atoms with Crippen LogP contribution in [0.4, 0.5) is 0 Å². The van der Waals surface area contributed by atoms with Crippen LogP contribution in [-0.4, -0.2) is 20.1 Å². The summed E-state index contributed by atoms with van der Waals surface area (Å²) >= 11 is 0. The molecule has 24 heavy (non-hydrogen) atoms. The zero-order valence-electron chi connectivity index (χ0n) is 13.0. The van der Waals surface area contributed by atoms with Crippen LogP contribution in [0.25, 0.3) is 22.8 Å². The molecule has 0 saturated heterocycles. The Bertz CT molecular complexity index is 896. The third-order valence-corrected chi connectivity index (χ3v) is 3.83. The number of hydrogen-bond acceptors (Lipinski definition) is 4. The van der Waals surface area contributed by atoms with E-state index in [1.165, 1.54) is 5.56 Å². The summed E-state index contributed by atoms with van der Waals surface area (Å²) in [4.78, 5) is 12.0. The summed E-state index contributed by atoms with van der Waals surface area (Å²) in [5.41, 5.74) is 3.95. The van der Waals surface area contributed by atoms with Crippen LogP contribution >= 0.6 is 0 Å². The molecular formula is C19H16N4O. The molecule has 3 aromatic heterocycles. The molecule has 0 saturated carbocycles. The van der Waals surface area contributed by atoms with Gasteiger partial charge >= 0.3 is 0 Å². The average molecular weight is 316 g/mol. The fourth-order valence-electron chi connectivity index (χ4n) is 2.54. The second kappa shape index (κ2) is 6.50. The van der Waals surface area contributed by atoms with Gasteiger partial charge in [-0.2, -0.15) is 4.98 Å². The summed E-state index contributed by atoms with van der Waals surface area (Å²) in [6.07, 6.45) is 5.28. The van der Waals surface area contributed by atoms with Gasteiger partial charge in [0.15, 0.2) is 5.82 Å². The fraction of sp³-hybridized carbons (Fsp3) is 0.105. The molecular weight excluding hydrogens is 300 g/mol. The average Bonchev–Trinajstić information content (AvgIpc) is 3.33. The van der Waals surface area contributed by atoms with E-state index < -0.39 is 0 Å². The van der Waals surface area contributed by atoms with Crippen molar-refractivity contribution in [3.05, 3.63) is 78.4 Å². The molecule has 0 bridgehead atoms. The molecule has 5 heteroatoms. The molecule has 3 heterocycles. The lowest BCUT2D eigenvalue weighted by Gasteiger charge is -1.98. The molecule has 4 rings (SSSR count). The summed E-state index contributed by atoms with van der Waals surface area (Å²) in [5, 5.41) is 4.06. The highest BCUT2D eigenvalue weighted by molar-refractivity contribution is 5.59. The van der Waals surface area contributed by atoms with Gasteiger partial charge in [-0.1, -0.05) is 35.5 Å². The predicted octanol–water partition coefficient (Wildman–Crippen LogP) is 3.91. The van der Waals surface area contributed by atoms with Crippen molar-refractivity contribution in [3.63, 3.8) is 0 Å². The molecule has 0 aliphatic heterocycles. The number of aryl methyl sites for hydroxylation is 2. The van der Waals surface area contributed by atoms with Crippen LogP contribution in [-0.2, 0) is 12.8 Å². The van der Waals surface area contributed by atoms with E-state index in [1.807, 2.05) is 48.7 Å². The van der Waals surface area contributed by atoms with Crippen LogP contribution in [0.5, 0.6) is 0 Å². The quantitative estimate of drug-likeness (QED) is 0.606. The summed E-state index contributed by atoms with van der Waals surface area (Å²) in [5.74, 6) is 1.21. The highest BCUT2D eigenvalue weighted by Gasteiger charge is 2.10. The van der Waals surface area contributed by atoms with Crippen molar-refractivity contribution in [2.45, 2.75) is 12.8 Å². The van der Waals surface area contributed by atoms with Gasteiger partial charge in [-0.25, -0.2) is 0 Å². The molecule has 0 unspecified atom stereocenters. The van der Waals surface area contributed by atoms with E-state index in [-0.39, 0.29) is 0 Å². The first kappa shape index (κ1) is 14.4. The molecule has 4 aromatic rings. The molecule has 5 nitrogen and oxygen atoms in total.